The number of aromatic nitrogens is 1. The lowest BCUT2D eigenvalue weighted by molar-refractivity contribution is 0.666. The minimum Gasteiger partial charge on any atom is -0.309 e. The van der Waals surface area contributed by atoms with Crippen LogP contribution in [0.3, 0.4) is 0 Å². The second kappa shape index (κ2) is 7.61. The Morgan fingerprint density at radius 2 is 1.07 bits per heavy atom. The first-order valence-electron chi connectivity index (χ1n) is 14.1. The molecule has 1 aliphatic carbocycles. The van der Waals surface area contributed by atoms with Crippen LogP contribution in [0.15, 0.2) is 127 Å². The second-order valence-electron chi connectivity index (χ2n) is 11.7. The largest absolute Gasteiger partial charge is 0.309 e. The smallest absolute Gasteiger partial charge is 0.0585 e. The third-order valence-corrected chi connectivity index (χ3v) is 9.32. The molecular formula is C39H27N. The van der Waals surface area contributed by atoms with E-state index in [4.69, 9.17) is 0 Å². The summed E-state index contributed by atoms with van der Waals surface area (Å²) in [5, 5.41) is 11.8. The van der Waals surface area contributed by atoms with Crippen molar-refractivity contribution in [1.82, 2.24) is 4.57 Å². The Balaban J connectivity index is 1.47. The maximum atomic E-state index is 2.54. The van der Waals surface area contributed by atoms with Crippen molar-refractivity contribution in [3.8, 4) is 16.9 Å². The van der Waals surface area contributed by atoms with Crippen molar-refractivity contribution in [2.24, 2.45) is 0 Å². The highest BCUT2D eigenvalue weighted by Crippen LogP contribution is 2.55. The van der Waals surface area contributed by atoms with Crippen LogP contribution >= 0.6 is 0 Å². The molecule has 1 heteroatoms. The average Bonchev–Trinajstić information content (AvgIpc) is 3.48. The first kappa shape index (κ1) is 22.0. The van der Waals surface area contributed by atoms with E-state index in [1.165, 1.54) is 82.1 Å². The summed E-state index contributed by atoms with van der Waals surface area (Å²) in [6, 6.07) is 47.2. The molecule has 0 bridgehead atoms. The highest BCUT2D eigenvalue weighted by molar-refractivity contribution is 6.25. The maximum absolute atomic E-state index is 2.54. The van der Waals surface area contributed by atoms with E-state index in [2.05, 4.69) is 146 Å². The van der Waals surface area contributed by atoms with Gasteiger partial charge in [0, 0.05) is 22.1 Å². The molecule has 0 radical (unpaired) electrons. The Kier molecular flexibility index (Phi) is 4.18. The Hall–Kier alpha value is -4.88. The summed E-state index contributed by atoms with van der Waals surface area (Å²) in [5.74, 6) is 0. The number of nitrogens with zero attached hydrogens (tertiary/aromatic N) is 1. The van der Waals surface area contributed by atoms with Crippen LogP contribution in [-0.2, 0) is 5.41 Å². The van der Waals surface area contributed by atoms with Crippen molar-refractivity contribution >= 4 is 54.0 Å². The van der Waals surface area contributed by atoms with Crippen LogP contribution in [0.25, 0.3) is 70.9 Å². The van der Waals surface area contributed by atoms with E-state index in [1.807, 2.05) is 0 Å². The topological polar surface area (TPSA) is 4.93 Å². The molecule has 0 spiro atoms. The highest BCUT2D eigenvalue weighted by atomic mass is 15.0. The van der Waals surface area contributed by atoms with Gasteiger partial charge in [-0.05, 0) is 72.4 Å². The molecule has 8 aromatic rings. The molecule has 0 atom stereocenters. The van der Waals surface area contributed by atoms with Gasteiger partial charge < -0.3 is 4.57 Å². The van der Waals surface area contributed by atoms with Crippen molar-refractivity contribution in [3.63, 3.8) is 0 Å². The van der Waals surface area contributed by atoms with Crippen LogP contribution in [0.4, 0.5) is 0 Å². The Morgan fingerprint density at radius 1 is 0.500 bits per heavy atom. The van der Waals surface area contributed by atoms with E-state index in [0.29, 0.717) is 0 Å². The fourth-order valence-corrected chi connectivity index (χ4v) is 7.60. The summed E-state index contributed by atoms with van der Waals surface area (Å²) >= 11 is 0. The minimum absolute atomic E-state index is 0.0979. The first-order valence-corrected chi connectivity index (χ1v) is 14.1. The fourth-order valence-electron chi connectivity index (χ4n) is 7.60. The lowest BCUT2D eigenvalue weighted by atomic mass is 9.81. The van der Waals surface area contributed by atoms with E-state index in [-0.39, 0.29) is 5.41 Å². The molecule has 0 amide bonds. The molecule has 0 saturated carbocycles. The molecule has 0 N–H and O–H groups in total. The Morgan fingerprint density at radius 3 is 1.80 bits per heavy atom. The van der Waals surface area contributed by atoms with Crippen molar-refractivity contribution in [2.75, 3.05) is 0 Å². The van der Waals surface area contributed by atoms with Crippen molar-refractivity contribution in [1.29, 1.82) is 0 Å². The standard InChI is InChI=1S/C39H27N/c1-39(2)34-18-10-9-17-32(34)38-37(39)36-26-12-4-3-11-24(26)19-22-35(36)40(38)25-20-21-31-29-15-6-5-13-27(29)28-14-7-8-16-30(28)33(31)23-25/h3-23H,1-2H3. The SMILES string of the molecule is CC1(C)c2ccccc2-c2c1c1c3ccccc3ccc1n2-c1ccc2c3ccccc3c3ccccc3c2c1. The second-order valence-corrected chi connectivity index (χ2v) is 11.7. The molecule has 0 unspecified atom stereocenters. The zero-order chi connectivity index (χ0) is 26.6. The van der Waals surface area contributed by atoms with Gasteiger partial charge in [-0.1, -0.05) is 123 Å². The molecule has 188 valence electrons. The summed E-state index contributed by atoms with van der Waals surface area (Å²) in [7, 11) is 0. The fraction of sp³-hybridized carbons (Fsp3) is 0.0769. The van der Waals surface area contributed by atoms with E-state index in [0.717, 1.165) is 0 Å². The van der Waals surface area contributed by atoms with E-state index in [9.17, 15) is 0 Å². The zero-order valence-corrected chi connectivity index (χ0v) is 22.6. The normalized spacial score (nSPS) is 13.9. The van der Waals surface area contributed by atoms with Crippen LogP contribution in [-0.4, -0.2) is 4.57 Å². The average molecular weight is 510 g/mol. The number of rotatable bonds is 1. The first-order chi connectivity index (χ1) is 19.6. The van der Waals surface area contributed by atoms with Gasteiger partial charge in [-0.15, -0.1) is 0 Å². The summed E-state index contributed by atoms with van der Waals surface area (Å²) in [6.07, 6.45) is 0. The summed E-state index contributed by atoms with van der Waals surface area (Å²) in [5.41, 5.74) is 7.89. The predicted octanol–water partition coefficient (Wildman–Crippen LogP) is 10.5. The molecule has 0 saturated heterocycles. The number of benzene rings is 7. The van der Waals surface area contributed by atoms with Gasteiger partial charge in [0.05, 0.1) is 11.2 Å². The van der Waals surface area contributed by atoms with Gasteiger partial charge in [0.25, 0.3) is 0 Å². The van der Waals surface area contributed by atoms with Crippen LogP contribution in [0, 0.1) is 0 Å². The van der Waals surface area contributed by atoms with Gasteiger partial charge >= 0.3 is 0 Å². The molecule has 1 aromatic heterocycles. The third-order valence-electron chi connectivity index (χ3n) is 9.32. The van der Waals surface area contributed by atoms with E-state index in [1.54, 1.807) is 0 Å². The van der Waals surface area contributed by atoms with Crippen LogP contribution in [0.5, 0.6) is 0 Å². The Bertz CT molecular complexity index is 2310. The quantitative estimate of drug-likeness (QED) is 0.194. The van der Waals surface area contributed by atoms with Crippen LogP contribution in [0.2, 0.25) is 0 Å². The van der Waals surface area contributed by atoms with Crippen LogP contribution < -0.4 is 0 Å². The third kappa shape index (κ3) is 2.67. The number of hydrogen-bond donors (Lipinski definition) is 0. The molecular weight excluding hydrogens is 482 g/mol. The lowest BCUT2D eigenvalue weighted by Crippen LogP contribution is -2.14. The number of hydrogen-bond acceptors (Lipinski definition) is 0. The molecule has 1 nitrogen and oxygen atoms in total. The highest BCUT2D eigenvalue weighted by Gasteiger charge is 2.40. The zero-order valence-electron chi connectivity index (χ0n) is 22.6. The van der Waals surface area contributed by atoms with Gasteiger partial charge in [-0.2, -0.15) is 0 Å². The van der Waals surface area contributed by atoms with Gasteiger partial charge in [0.15, 0.2) is 0 Å². The molecule has 0 aliphatic heterocycles. The molecule has 9 rings (SSSR count). The summed E-state index contributed by atoms with van der Waals surface area (Å²) in [4.78, 5) is 0. The monoisotopic (exact) mass is 509 g/mol. The molecule has 7 aromatic carbocycles. The Labute approximate surface area is 232 Å². The van der Waals surface area contributed by atoms with Crippen molar-refractivity contribution in [3.05, 3.63) is 139 Å². The molecule has 1 heterocycles. The maximum Gasteiger partial charge on any atom is 0.0585 e. The van der Waals surface area contributed by atoms with Gasteiger partial charge in [0.2, 0.25) is 0 Å². The number of fused-ring (bicyclic) bond motifs is 13. The van der Waals surface area contributed by atoms with E-state index >= 15 is 0 Å². The van der Waals surface area contributed by atoms with Crippen molar-refractivity contribution in [2.45, 2.75) is 19.3 Å². The molecule has 40 heavy (non-hydrogen) atoms. The minimum atomic E-state index is -0.0979. The van der Waals surface area contributed by atoms with Gasteiger partial charge in [-0.3, -0.25) is 0 Å². The van der Waals surface area contributed by atoms with E-state index < -0.39 is 0 Å². The van der Waals surface area contributed by atoms with Crippen molar-refractivity contribution < 1.29 is 0 Å². The van der Waals surface area contributed by atoms with Gasteiger partial charge in [-0.25, -0.2) is 0 Å². The predicted molar refractivity (Wildman–Crippen MR) is 171 cm³/mol. The van der Waals surface area contributed by atoms with Gasteiger partial charge in [0.1, 0.15) is 0 Å². The molecule has 1 aliphatic rings. The summed E-state index contributed by atoms with van der Waals surface area (Å²) < 4.78 is 2.54. The molecule has 0 fully saturated rings. The lowest BCUT2D eigenvalue weighted by Gasteiger charge is -2.21. The van der Waals surface area contributed by atoms with Crippen LogP contribution in [0.1, 0.15) is 25.0 Å². The summed E-state index contributed by atoms with van der Waals surface area (Å²) in [6.45, 7) is 4.78.